The number of ketones is 1. The van der Waals surface area contributed by atoms with Gasteiger partial charge in [0.25, 0.3) is 0 Å². The minimum atomic E-state index is 0.165. The smallest absolute Gasteiger partial charge is 0.215 e. The zero-order valence-corrected chi connectivity index (χ0v) is 18.0. The molecule has 5 heteroatoms. The number of Topliss-reactive ketones (excluding diaryl/α,β-unsaturated/α-hetero) is 1. The predicted molar refractivity (Wildman–Crippen MR) is 119 cm³/mol. The maximum absolute atomic E-state index is 11.3. The fraction of sp³-hybridized carbons (Fsp3) is 0.520. The molecule has 2 aromatic rings. The topological polar surface area (TPSA) is 51.7 Å². The first-order valence-corrected chi connectivity index (χ1v) is 11.2. The molecule has 1 aromatic carbocycles. The number of ether oxygens (including phenoxy) is 2. The quantitative estimate of drug-likeness (QED) is 0.605. The summed E-state index contributed by atoms with van der Waals surface area (Å²) < 4.78 is 12.3. The van der Waals surface area contributed by atoms with Gasteiger partial charge in [-0.25, -0.2) is 4.98 Å². The van der Waals surface area contributed by atoms with Crippen molar-refractivity contribution in [3.8, 4) is 11.6 Å². The first kappa shape index (κ1) is 20.7. The molecule has 1 aromatic heterocycles. The van der Waals surface area contributed by atoms with Gasteiger partial charge >= 0.3 is 0 Å². The van der Waals surface area contributed by atoms with Gasteiger partial charge in [0, 0.05) is 37.3 Å². The van der Waals surface area contributed by atoms with E-state index in [-0.39, 0.29) is 17.8 Å². The number of aromatic nitrogens is 1. The van der Waals surface area contributed by atoms with Crippen LogP contribution in [0.1, 0.15) is 63.9 Å². The van der Waals surface area contributed by atoms with Crippen LogP contribution in [-0.2, 0) is 4.79 Å². The Morgan fingerprint density at radius 2 is 1.87 bits per heavy atom. The summed E-state index contributed by atoms with van der Waals surface area (Å²) in [5, 5.41) is 0. The molecule has 30 heavy (non-hydrogen) atoms. The van der Waals surface area contributed by atoms with Crippen LogP contribution in [0.3, 0.4) is 0 Å². The highest BCUT2D eigenvalue weighted by atomic mass is 16.5. The third kappa shape index (κ3) is 5.32. The Morgan fingerprint density at radius 1 is 1.10 bits per heavy atom. The number of carbonyl (C=O) groups excluding carboxylic acids is 1. The zero-order chi connectivity index (χ0) is 20.9. The first-order valence-electron chi connectivity index (χ1n) is 11.2. The van der Waals surface area contributed by atoms with Crippen LogP contribution in [0, 0.1) is 0 Å². The van der Waals surface area contributed by atoms with E-state index >= 15 is 0 Å². The summed E-state index contributed by atoms with van der Waals surface area (Å²) in [5.41, 5.74) is 2.33. The van der Waals surface area contributed by atoms with Crippen LogP contribution in [0.2, 0.25) is 0 Å². The average molecular weight is 409 g/mol. The Hall–Kier alpha value is -2.56. The first-order chi connectivity index (χ1) is 14.6. The van der Waals surface area contributed by atoms with Crippen LogP contribution in [-0.4, -0.2) is 36.1 Å². The average Bonchev–Trinajstić information content (AvgIpc) is 3.40. The van der Waals surface area contributed by atoms with Gasteiger partial charge in [-0.15, -0.1) is 0 Å². The van der Waals surface area contributed by atoms with E-state index in [0.29, 0.717) is 12.5 Å². The van der Waals surface area contributed by atoms with Crippen LogP contribution in [0.25, 0.3) is 0 Å². The van der Waals surface area contributed by atoms with E-state index in [1.54, 1.807) is 6.92 Å². The number of pyridine rings is 1. The normalized spacial score (nSPS) is 20.3. The minimum Gasteiger partial charge on any atom is -0.489 e. The van der Waals surface area contributed by atoms with Crippen molar-refractivity contribution < 1.29 is 14.3 Å². The summed E-state index contributed by atoms with van der Waals surface area (Å²) in [4.78, 5) is 18.1. The molecule has 5 nitrogen and oxygen atoms in total. The van der Waals surface area contributed by atoms with Crippen molar-refractivity contribution in [2.45, 2.75) is 70.5 Å². The molecule has 1 aliphatic heterocycles. The Bertz CT molecular complexity index is 846. The summed E-state index contributed by atoms with van der Waals surface area (Å²) >= 11 is 0. The molecule has 2 atom stereocenters. The van der Waals surface area contributed by atoms with E-state index in [4.69, 9.17) is 9.47 Å². The second-order valence-corrected chi connectivity index (χ2v) is 8.73. The van der Waals surface area contributed by atoms with Gasteiger partial charge < -0.3 is 19.2 Å². The number of hydrogen-bond donors (Lipinski definition) is 0. The number of carbonyl (C=O) groups is 1. The van der Waals surface area contributed by atoms with Gasteiger partial charge in [0.1, 0.15) is 23.7 Å². The molecule has 1 saturated carbocycles. The molecule has 0 spiro atoms. The molecule has 0 radical (unpaired) electrons. The largest absolute Gasteiger partial charge is 0.489 e. The SMILES string of the molecule is CC(=O)C[C@@H](C)c1ccc(O[C@@H]2CCN(c3ccnc(OC4CCCC4)c3)C2)cc1. The highest BCUT2D eigenvalue weighted by Gasteiger charge is 2.25. The Balaban J connectivity index is 1.32. The number of benzene rings is 1. The van der Waals surface area contributed by atoms with E-state index in [2.05, 4.69) is 41.1 Å². The Kier molecular flexibility index (Phi) is 6.56. The van der Waals surface area contributed by atoms with Gasteiger partial charge in [-0.2, -0.15) is 0 Å². The van der Waals surface area contributed by atoms with E-state index < -0.39 is 0 Å². The predicted octanol–water partition coefficient (Wildman–Crippen LogP) is 5.14. The molecule has 4 rings (SSSR count). The van der Waals surface area contributed by atoms with Crippen molar-refractivity contribution in [2.75, 3.05) is 18.0 Å². The van der Waals surface area contributed by atoms with E-state index in [1.807, 2.05) is 18.3 Å². The summed E-state index contributed by atoms with van der Waals surface area (Å²) in [5.74, 6) is 2.09. The number of rotatable bonds is 8. The Morgan fingerprint density at radius 3 is 2.60 bits per heavy atom. The lowest BCUT2D eigenvalue weighted by Crippen LogP contribution is -2.24. The minimum absolute atomic E-state index is 0.165. The molecule has 1 aliphatic carbocycles. The maximum Gasteiger partial charge on any atom is 0.215 e. The van der Waals surface area contributed by atoms with Crippen molar-refractivity contribution in [2.24, 2.45) is 0 Å². The van der Waals surface area contributed by atoms with Gasteiger partial charge in [0.2, 0.25) is 5.88 Å². The van der Waals surface area contributed by atoms with Gasteiger partial charge in [0.15, 0.2) is 0 Å². The highest BCUT2D eigenvalue weighted by molar-refractivity contribution is 5.76. The number of hydrogen-bond acceptors (Lipinski definition) is 5. The summed E-state index contributed by atoms with van der Waals surface area (Å²) in [6, 6.07) is 12.3. The molecular weight excluding hydrogens is 376 g/mol. The molecule has 0 bridgehead atoms. The van der Waals surface area contributed by atoms with Crippen LogP contribution >= 0.6 is 0 Å². The second kappa shape index (κ2) is 9.50. The van der Waals surface area contributed by atoms with Crippen molar-refractivity contribution in [3.63, 3.8) is 0 Å². The maximum atomic E-state index is 11.3. The summed E-state index contributed by atoms with van der Waals surface area (Å²) in [6.45, 7) is 5.55. The highest BCUT2D eigenvalue weighted by Crippen LogP contribution is 2.29. The van der Waals surface area contributed by atoms with Gasteiger partial charge in [-0.05, 0) is 62.3 Å². The van der Waals surface area contributed by atoms with Crippen LogP contribution in [0.5, 0.6) is 11.6 Å². The third-order valence-corrected chi connectivity index (χ3v) is 6.16. The summed E-state index contributed by atoms with van der Waals surface area (Å²) in [7, 11) is 0. The molecule has 2 fully saturated rings. The molecule has 2 heterocycles. The van der Waals surface area contributed by atoms with E-state index in [1.165, 1.54) is 18.4 Å². The fourth-order valence-electron chi connectivity index (χ4n) is 4.51. The fourth-order valence-corrected chi connectivity index (χ4v) is 4.51. The molecule has 160 valence electrons. The standard InChI is InChI=1S/C25H32N2O3/c1-18(15-19(2)28)20-7-9-23(10-8-20)29-24-12-14-27(17-24)21-11-13-26-25(16-21)30-22-5-3-4-6-22/h7-11,13,16,18,22,24H,3-6,12,14-15,17H2,1-2H3/t18-,24-/m1/s1. The van der Waals surface area contributed by atoms with Crippen molar-refractivity contribution in [1.82, 2.24) is 4.98 Å². The second-order valence-electron chi connectivity index (χ2n) is 8.73. The molecule has 0 amide bonds. The van der Waals surface area contributed by atoms with Crippen molar-refractivity contribution in [1.29, 1.82) is 0 Å². The third-order valence-electron chi connectivity index (χ3n) is 6.16. The van der Waals surface area contributed by atoms with Crippen molar-refractivity contribution in [3.05, 3.63) is 48.2 Å². The lowest BCUT2D eigenvalue weighted by atomic mass is 9.96. The number of nitrogens with zero attached hydrogens (tertiary/aromatic N) is 2. The monoisotopic (exact) mass is 408 g/mol. The van der Waals surface area contributed by atoms with Crippen LogP contribution in [0.4, 0.5) is 5.69 Å². The van der Waals surface area contributed by atoms with Gasteiger partial charge in [-0.3, -0.25) is 0 Å². The molecule has 0 unspecified atom stereocenters. The molecule has 0 N–H and O–H groups in total. The van der Waals surface area contributed by atoms with Crippen LogP contribution < -0.4 is 14.4 Å². The zero-order valence-electron chi connectivity index (χ0n) is 18.0. The van der Waals surface area contributed by atoms with Crippen molar-refractivity contribution >= 4 is 11.5 Å². The molecule has 1 saturated heterocycles. The lowest BCUT2D eigenvalue weighted by Gasteiger charge is -2.20. The lowest BCUT2D eigenvalue weighted by molar-refractivity contribution is -0.117. The summed E-state index contributed by atoms with van der Waals surface area (Å²) in [6.07, 6.45) is 8.68. The van der Waals surface area contributed by atoms with E-state index in [9.17, 15) is 4.79 Å². The number of anilines is 1. The Labute approximate surface area is 179 Å². The molecule has 2 aliphatic rings. The van der Waals surface area contributed by atoms with Crippen LogP contribution in [0.15, 0.2) is 42.6 Å². The van der Waals surface area contributed by atoms with Gasteiger partial charge in [0.05, 0.1) is 6.54 Å². The molecular formula is C25H32N2O3. The van der Waals surface area contributed by atoms with E-state index in [0.717, 1.165) is 49.7 Å². The van der Waals surface area contributed by atoms with Gasteiger partial charge in [-0.1, -0.05) is 19.1 Å².